The van der Waals surface area contributed by atoms with Crippen molar-refractivity contribution in [1.29, 1.82) is 0 Å². The Bertz CT molecular complexity index is 1260. The summed E-state index contributed by atoms with van der Waals surface area (Å²) in [5.41, 5.74) is 8.20. The molecule has 5 nitrogen and oxygen atoms in total. The number of aryl methyl sites for hydroxylation is 2. The summed E-state index contributed by atoms with van der Waals surface area (Å²) in [6, 6.07) is 26.6. The smallest absolute Gasteiger partial charge is 0.271 e. The highest BCUT2D eigenvalue weighted by atomic mass is 35.5. The van der Waals surface area contributed by atoms with E-state index in [-0.39, 0.29) is 5.91 Å². The van der Waals surface area contributed by atoms with Gasteiger partial charge < -0.3 is 9.30 Å². The number of para-hydroxylation sites is 1. The molecule has 1 N–H and O–H groups in total. The molecule has 0 spiro atoms. The molecule has 0 aliphatic carbocycles. The van der Waals surface area contributed by atoms with Gasteiger partial charge in [0.15, 0.2) is 0 Å². The quantitative estimate of drug-likeness (QED) is 0.269. The number of hydrogen-bond donors (Lipinski definition) is 1. The molecule has 0 aliphatic rings. The average molecular weight is 458 g/mol. The summed E-state index contributed by atoms with van der Waals surface area (Å²) >= 11 is 5.93. The van der Waals surface area contributed by atoms with Crippen molar-refractivity contribution < 1.29 is 9.53 Å². The van der Waals surface area contributed by atoms with E-state index in [1.54, 1.807) is 18.3 Å². The Hall–Kier alpha value is -3.83. The number of nitrogens with zero attached hydrogens (tertiary/aromatic N) is 2. The monoisotopic (exact) mass is 457 g/mol. The topological polar surface area (TPSA) is 55.6 Å². The number of ether oxygens (including phenoxy) is 1. The lowest BCUT2D eigenvalue weighted by atomic mass is 10.2. The summed E-state index contributed by atoms with van der Waals surface area (Å²) in [5.74, 6) is 0.394. The Balaban J connectivity index is 1.39. The summed E-state index contributed by atoms with van der Waals surface area (Å²) in [4.78, 5) is 12.5. The fourth-order valence-corrected chi connectivity index (χ4v) is 3.65. The zero-order valence-electron chi connectivity index (χ0n) is 18.5. The molecule has 33 heavy (non-hydrogen) atoms. The van der Waals surface area contributed by atoms with E-state index in [1.807, 2.05) is 60.7 Å². The first-order valence-electron chi connectivity index (χ1n) is 10.6. The standard InChI is InChI=1S/C27H24ClN3O2/c1-19-7-8-20(2)31(19)25-15-11-22(12-16-25)27(32)30-29-17-23-5-3-4-6-26(23)33-18-21-9-13-24(28)14-10-21/h3-17H,18H2,1-2H3,(H,30,32)/b29-17-. The van der Waals surface area contributed by atoms with Crippen molar-refractivity contribution >= 4 is 23.7 Å². The molecule has 6 heteroatoms. The van der Waals surface area contributed by atoms with E-state index < -0.39 is 0 Å². The third kappa shape index (κ3) is 5.51. The van der Waals surface area contributed by atoms with Crippen LogP contribution in [0.2, 0.25) is 5.02 Å². The fraction of sp³-hybridized carbons (Fsp3) is 0.111. The molecule has 1 heterocycles. The van der Waals surface area contributed by atoms with Crippen LogP contribution in [0.3, 0.4) is 0 Å². The Kier molecular flexibility index (Phi) is 6.91. The maximum Gasteiger partial charge on any atom is 0.271 e. The maximum absolute atomic E-state index is 12.5. The van der Waals surface area contributed by atoms with Gasteiger partial charge in [-0.2, -0.15) is 5.10 Å². The third-order valence-electron chi connectivity index (χ3n) is 5.26. The van der Waals surface area contributed by atoms with E-state index in [0.717, 1.165) is 28.2 Å². The van der Waals surface area contributed by atoms with Gasteiger partial charge in [-0.15, -0.1) is 0 Å². The highest BCUT2D eigenvalue weighted by molar-refractivity contribution is 6.30. The molecule has 0 saturated heterocycles. The summed E-state index contributed by atoms with van der Waals surface area (Å²) in [5, 5.41) is 4.81. The van der Waals surface area contributed by atoms with Crippen molar-refractivity contribution in [3.63, 3.8) is 0 Å². The number of aromatic nitrogens is 1. The molecule has 0 aliphatic heterocycles. The number of nitrogens with one attached hydrogen (secondary N) is 1. The highest BCUT2D eigenvalue weighted by Crippen LogP contribution is 2.19. The van der Waals surface area contributed by atoms with E-state index >= 15 is 0 Å². The third-order valence-corrected chi connectivity index (χ3v) is 5.51. The van der Waals surface area contributed by atoms with Crippen LogP contribution >= 0.6 is 11.6 Å². The van der Waals surface area contributed by atoms with Gasteiger partial charge in [-0.3, -0.25) is 4.79 Å². The second-order valence-electron chi connectivity index (χ2n) is 7.65. The van der Waals surface area contributed by atoms with Gasteiger partial charge in [0.05, 0.1) is 6.21 Å². The van der Waals surface area contributed by atoms with Crippen molar-refractivity contribution in [2.24, 2.45) is 5.10 Å². The van der Waals surface area contributed by atoms with E-state index in [1.165, 1.54) is 0 Å². The minimum Gasteiger partial charge on any atom is -0.488 e. The minimum atomic E-state index is -0.279. The molecule has 0 atom stereocenters. The number of halogens is 1. The lowest BCUT2D eigenvalue weighted by Gasteiger charge is -2.10. The Morgan fingerprint density at radius 1 is 0.939 bits per heavy atom. The number of carbonyl (C=O) groups is 1. The van der Waals surface area contributed by atoms with Crippen molar-refractivity contribution in [3.05, 3.63) is 118 Å². The summed E-state index contributed by atoms with van der Waals surface area (Å²) in [7, 11) is 0. The van der Waals surface area contributed by atoms with Crippen LogP contribution in [0.1, 0.15) is 32.9 Å². The van der Waals surface area contributed by atoms with Crippen LogP contribution in [0.15, 0.2) is 90.0 Å². The van der Waals surface area contributed by atoms with Gasteiger partial charge in [0, 0.05) is 33.2 Å². The molecule has 0 fully saturated rings. The Morgan fingerprint density at radius 2 is 1.61 bits per heavy atom. The molecule has 1 amide bonds. The molecule has 0 unspecified atom stereocenters. The van der Waals surface area contributed by atoms with E-state index in [2.05, 4.69) is 41.1 Å². The molecule has 1 aromatic heterocycles. The lowest BCUT2D eigenvalue weighted by Crippen LogP contribution is -2.17. The normalized spacial score (nSPS) is 11.0. The predicted molar refractivity (Wildman–Crippen MR) is 133 cm³/mol. The first-order chi connectivity index (χ1) is 16.0. The summed E-state index contributed by atoms with van der Waals surface area (Å²) in [6.45, 7) is 4.51. The van der Waals surface area contributed by atoms with Gasteiger partial charge in [-0.05, 0) is 80.1 Å². The highest BCUT2D eigenvalue weighted by Gasteiger charge is 2.08. The van der Waals surface area contributed by atoms with Gasteiger partial charge in [0.2, 0.25) is 0 Å². The van der Waals surface area contributed by atoms with Crippen LogP contribution in [-0.2, 0) is 6.61 Å². The minimum absolute atomic E-state index is 0.279. The Morgan fingerprint density at radius 3 is 2.30 bits per heavy atom. The van der Waals surface area contributed by atoms with Crippen LogP contribution < -0.4 is 10.2 Å². The zero-order chi connectivity index (χ0) is 23.2. The molecule has 0 radical (unpaired) electrons. The first-order valence-corrected chi connectivity index (χ1v) is 10.9. The molecule has 4 aromatic rings. The average Bonchev–Trinajstić information content (AvgIpc) is 3.17. The maximum atomic E-state index is 12.5. The number of rotatable bonds is 7. The second kappa shape index (κ2) is 10.2. The molecule has 0 bridgehead atoms. The van der Waals surface area contributed by atoms with Crippen molar-refractivity contribution in [2.75, 3.05) is 0 Å². The van der Waals surface area contributed by atoms with Crippen LogP contribution in [0.4, 0.5) is 0 Å². The van der Waals surface area contributed by atoms with Gasteiger partial charge in [0.25, 0.3) is 5.91 Å². The molecule has 4 rings (SSSR count). The molecular formula is C27H24ClN3O2. The van der Waals surface area contributed by atoms with Crippen molar-refractivity contribution in [1.82, 2.24) is 9.99 Å². The van der Waals surface area contributed by atoms with E-state index in [9.17, 15) is 4.79 Å². The van der Waals surface area contributed by atoms with Crippen LogP contribution in [0.25, 0.3) is 5.69 Å². The lowest BCUT2D eigenvalue weighted by molar-refractivity contribution is 0.0955. The summed E-state index contributed by atoms with van der Waals surface area (Å²) in [6.07, 6.45) is 1.58. The largest absolute Gasteiger partial charge is 0.488 e. The van der Waals surface area contributed by atoms with Crippen molar-refractivity contribution in [3.8, 4) is 11.4 Å². The number of carbonyl (C=O) groups excluding carboxylic acids is 1. The van der Waals surface area contributed by atoms with Crippen LogP contribution in [-0.4, -0.2) is 16.7 Å². The summed E-state index contributed by atoms with van der Waals surface area (Å²) < 4.78 is 8.06. The number of hydrazone groups is 1. The van der Waals surface area contributed by atoms with Gasteiger partial charge in [-0.1, -0.05) is 35.9 Å². The molecule has 166 valence electrons. The molecule has 3 aromatic carbocycles. The zero-order valence-corrected chi connectivity index (χ0v) is 19.2. The van der Waals surface area contributed by atoms with Gasteiger partial charge in [-0.25, -0.2) is 5.43 Å². The molecule has 0 saturated carbocycles. The number of amides is 1. The van der Waals surface area contributed by atoms with E-state index in [4.69, 9.17) is 16.3 Å². The molecular weight excluding hydrogens is 434 g/mol. The van der Waals surface area contributed by atoms with Crippen LogP contribution in [0, 0.1) is 13.8 Å². The predicted octanol–water partition coefficient (Wildman–Crippen LogP) is 6.09. The number of hydrogen-bond acceptors (Lipinski definition) is 3. The fourth-order valence-electron chi connectivity index (χ4n) is 3.52. The van der Waals surface area contributed by atoms with Gasteiger partial charge >= 0.3 is 0 Å². The second-order valence-corrected chi connectivity index (χ2v) is 8.09. The SMILES string of the molecule is Cc1ccc(C)n1-c1ccc(C(=O)N/N=C\c2ccccc2OCc2ccc(Cl)cc2)cc1. The van der Waals surface area contributed by atoms with Crippen molar-refractivity contribution in [2.45, 2.75) is 20.5 Å². The van der Waals surface area contributed by atoms with Crippen LogP contribution in [0.5, 0.6) is 5.75 Å². The number of benzene rings is 3. The Labute approximate surface area is 198 Å². The van der Waals surface area contributed by atoms with Gasteiger partial charge in [0.1, 0.15) is 12.4 Å². The first kappa shape index (κ1) is 22.4. The van der Waals surface area contributed by atoms with E-state index in [0.29, 0.717) is 22.9 Å².